The Bertz CT molecular complexity index is 101. The number of hydrogen-bond acceptors (Lipinski definition) is 0. The zero-order valence-corrected chi connectivity index (χ0v) is 4.02. The highest BCUT2D eigenvalue weighted by Gasteiger charge is 1.75. The lowest BCUT2D eigenvalue weighted by Crippen LogP contribution is -1.55. The molecule has 0 rings (SSSR count). The highest BCUT2D eigenvalue weighted by atomic mass is 19.1. The van der Waals surface area contributed by atoms with Crippen molar-refractivity contribution in [3.63, 3.8) is 0 Å². The van der Waals surface area contributed by atoms with Gasteiger partial charge in [0.2, 0.25) is 0 Å². The SMILES string of the molecule is C=C/C=C(/F)C=C. The molecule has 0 bridgehead atoms. The van der Waals surface area contributed by atoms with Gasteiger partial charge in [-0.2, -0.15) is 0 Å². The summed E-state index contributed by atoms with van der Waals surface area (Å²) in [5, 5.41) is 0. The van der Waals surface area contributed by atoms with Gasteiger partial charge in [0, 0.05) is 0 Å². The molecule has 0 aromatic carbocycles. The Hall–Kier alpha value is -0.850. The van der Waals surface area contributed by atoms with Crippen LogP contribution in [0.5, 0.6) is 0 Å². The highest BCUT2D eigenvalue weighted by Crippen LogP contribution is 1.94. The van der Waals surface area contributed by atoms with Gasteiger partial charge in [0.05, 0.1) is 0 Å². The van der Waals surface area contributed by atoms with Crippen molar-refractivity contribution in [1.82, 2.24) is 0 Å². The van der Waals surface area contributed by atoms with Crippen molar-refractivity contribution < 1.29 is 4.39 Å². The first-order chi connectivity index (χ1) is 3.31. The van der Waals surface area contributed by atoms with Gasteiger partial charge in [0.15, 0.2) is 0 Å². The maximum atomic E-state index is 11.8. The van der Waals surface area contributed by atoms with E-state index in [-0.39, 0.29) is 5.83 Å². The summed E-state index contributed by atoms with van der Waals surface area (Å²) in [6.45, 7) is 6.47. The molecule has 0 nitrogen and oxygen atoms in total. The molecule has 0 atom stereocenters. The van der Waals surface area contributed by atoms with Crippen LogP contribution in [0, 0.1) is 0 Å². The van der Waals surface area contributed by atoms with Crippen molar-refractivity contribution in [2.75, 3.05) is 0 Å². The van der Waals surface area contributed by atoms with E-state index in [1.165, 1.54) is 12.2 Å². The fourth-order valence-electron chi connectivity index (χ4n) is 0.181. The third kappa shape index (κ3) is 2.97. The Labute approximate surface area is 42.7 Å². The van der Waals surface area contributed by atoms with Crippen molar-refractivity contribution in [2.45, 2.75) is 0 Å². The van der Waals surface area contributed by atoms with Crippen LogP contribution in [0.15, 0.2) is 37.2 Å². The lowest BCUT2D eigenvalue weighted by atomic mass is 10.4. The lowest BCUT2D eigenvalue weighted by molar-refractivity contribution is 0.668. The fourth-order valence-corrected chi connectivity index (χ4v) is 0.181. The Morgan fingerprint density at radius 1 is 1.43 bits per heavy atom. The average molecular weight is 98.1 g/mol. The second-order valence-corrected chi connectivity index (χ2v) is 0.991. The quantitative estimate of drug-likeness (QED) is 0.464. The molecule has 38 valence electrons. The van der Waals surface area contributed by atoms with E-state index in [1.807, 2.05) is 0 Å². The predicted molar refractivity (Wildman–Crippen MR) is 29.6 cm³/mol. The summed E-state index contributed by atoms with van der Waals surface area (Å²) in [4.78, 5) is 0. The van der Waals surface area contributed by atoms with E-state index in [0.717, 1.165) is 6.08 Å². The van der Waals surface area contributed by atoms with Crippen molar-refractivity contribution in [1.29, 1.82) is 0 Å². The Morgan fingerprint density at radius 3 is 2.14 bits per heavy atom. The normalized spacial score (nSPS) is 10.7. The molecular formula is C6H7F. The van der Waals surface area contributed by atoms with Crippen LogP contribution < -0.4 is 0 Å². The van der Waals surface area contributed by atoms with E-state index < -0.39 is 0 Å². The Balaban J connectivity index is 3.72. The molecule has 1 heteroatoms. The molecule has 0 aliphatic heterocycles. The van der Waals surface area contributed by atoms with Crippen molar-refractivity contribution in [2.24, 2.45) is 0 Å². The van der Waals surface area contributed by atoms with Gasteiger partial charge < -0.3 is 0 Å². The van der Waals surface area contributed by atoms with E-state index in [1.54, 1.807) is 0 Å². The van der Waals surface area contributed by atoms with Crippen molar-refractivity contribution >= 4 is 0 Å². The molecule has 0 N–H and O–H groups in total. The zero-order chi connectivity index (χ0) is 5.70. The molecule has 0 spiro atoms. The predicted octanol–water partition coefficient (Wildman–Crippen LogP) is 2.21. The molecule has 0 heterocycles. The van der Waals surface area contributed by atoms with Crippen LogP contribution >= 0.6 is 0 Å². The molecule has 0 saturated carbocycles. The number of halogens is 1. The standard InChI is InChI=1S/C6H7F/c1-3-5-6(7)4-2/h3-5H,1-2H2/b6-5+. The maximum absolute atomic E-state index is 11.8. The third-order valence-electron chi connectivity index (χ3n) is 0.472. The first-order valence-electron chi connectivity index (χ1n) is 1.92. The maximum Gasteiger partial charge on any atom is 0.122 e. The van der Waals surface area contributed by atoms with Crippen LogP contribution in [0.1, 0.15) is 0 Å². The second-order valence-electron chi connectivity index (χ2n) is 0.991. The largest absolute Gasteiger partial charge is 0.207 e. The first-order valence-corrected chi connectivity index (χ1v) is 1.92. The summed E-state index contributed by atoms with van der Waals surface area (Å²) in [5.74, 6) is -0.352. The molecule has 0 aromatic rings. The molecule has 0 unspecified atom stereocenters. The summed E-state index contributed by atoms with van der Waals surface area (Å²) in [6, 6.07) is 0. The van der Waals surface area contributed by atoms with Gasteiger partial charge in [-0.05, 0) is 12.2 Å². The topological polar surface area (TPSA) is 0 Å². The number of allylic oxidation sites excluding steroid dienone is 4. The number of hydrogen-bond donors (Lipinski definition) is 0. The van der Waals surface area contributed by atoms with Crippen LogP contribution in [0.2, 0.25) is 0 Å². The zero-order valence-electron chi connectivity index (χ0n) is 4.02. The summed E-state index contributed by atoms with van der Waals surface area (Å²) in [5.41, 5.74) is 0. The van der Waals surface area contributed by atoms with Gasteiger partial charge in [0.1, 0.15) is 5.83 Å². The van der Waals surface area contributed by atoms with Crippen molar-refractivity contribution in [3.05, 3.63) is 37.2 Å². The monoisotopic (exact) mass is 98.1 g/mol. The lowest BCUT2D eigenvalue weighted by Gasteiger charge is -1.74. The number of rotatable bonds is 2. The van der Waals surface area contributed by atoms with Crippen LogP contribution in [-0.2, 0) is 0 Å². The van der Waals surface area contributed by atoms with Gasteiger partial charge in [0.25, 0.3) is 0 Å². The van der Waals surface area contributed by atoms with Crippen LogP contribution in [-0.4, -0.2) is 0 Å². The van der Waals surface area contributed by atoms with Gasteiger partial charge in [-0.3, -0.25) is 0 Å². The van der Waals surface area contributed by atoms with E-state index in [0.29, 0.717) is 0 Å². The molecule has 0 aromatic heterocycles. The summed E-state index contributed by atoms with van der Waals surface area (Å²) in [6.07, 6.45) is 3.74. The van der Waals surface area contributed by atoms with Crippen LogP contribution in [0.25, 0.3) is 0 Å². The molecule has 0 aliphatic carbocycles. The summed E-state index contributed by atoms with van der Waals surface area (Å²) < 4.78 is 11.8. The molecule has 7 heavy (non-hydrogen) atoms. The average Bonchev–Trinajstić information content (AvgIpc) is 1.68. The van der Waals surface area contributed by atoms with E-state index in [2.05, 4.69) is 13.2 Å². The van der Waals surface area contributed by atoms with E-state index >= 15 is 0 Å². The Kier molecular flexibility index (Phi) is 2.94. The minimum Gasteiger partial charge on any atom is -0.207 e. The molecule has 0 fully saturated rings. The molecule has 0 saturated heterocycles. The summed E-state index contributed by atoms with van der Waals surface area (Å²) in [7, 11) is 0. The van der Waals surface area contributed by atoms with Crippen molar-refractivity contribution in [3.8, 4) is 0 Å². The minimum atomic E-state index is -0.352. The molecule has 0 radical (unpaired) electrons. The molecule has 0 aliphatic rings. The Morgan fingerprint density at radius 2 is 2.00 bits per heavy atom. The van der Waals surface area contributed by atoms with Crippen LogP contribution in [0.4, 0.5) is 4.39 Å². The minimum absolute atomic E-state index is 0.352. The van der Waals surface area contributed by atoms with E-state index in [4.69, 9.17) is 0 Å². The van der Waals surface area contributed by atoms with E-state index in [9.17, 15) is 4.39 Å². The third-order valence-corrected chi connectivity index (χ3v) is 0.472. The van der Waals surface area contributed by atoms with Gasteiger partial charge in [-0.15, -0.1) is 0 Å². The molecule has 0 amide bonds. The fraction of sp³-hybridized carbons (Fsp3) is 0. The second kappa shape index (κ2) is 3.34. The smallest absolute Gasteiger partial charge is 0.122 e. The van der Waals surface area contributed by atoms with Gasteiger partial charge >= 0.3 is 0 Å². The van der Waals surface area contributed by atoms with Gasteiger partial charge in [-0.1, -0.05) is 19.2 Å². The first kappa shape index (κ1) is 6.15. The highest BCUT2D eigenvalue weighted by molar-refractivity contribution is 5.13. The summed E-state index contributed by atoms with van der Waals surface area (Å²) >= 11 is 0. The van der Waals surface area contributed by atoms with Crippen LogP contribution in [0.3, 0.4) is 0 Å². The van der Waals surface area contributed by atoms with Gasteiger partial charge in [-0.25, -0.2) is 4.39 Å². The molecular weight excluding hydrogens is 91.1 g/mol.